The van der Waals surface area contributed by atoms with E-state index >= 15 is 0 Å². The van der Waals surface area contributed by atoms with E-state index in [4.69, 9.17) is 11.6 Å². The zero-order chi connectivity index (χ0) is 26.1. The van der Waals surface area contributed by atoms with Crippen molar-refractivity contribution in [1.82, 2.24) is 4.90 Å². The Morgan fingerprint density at radius 3 is 2.44 bits per heavy atom. The Balaban J connectivity index is 1.67. The standard InChI is InChI=1S/C29H34N4O3/c1-17-5-6-22(13-18(17)2)29(36)33-12-11-20-7-8-21(14-23(20)16-33)25(15-27(34)35)24-9-10-26(32(4)31)28(30)19(24)3/h5-10,13-14,25H,11-12,15-16,30-31H2,1-4H3,(H,34,35). The molecule has 36 heavy (non-hydrogen) atoms. The van der Waals surface area contributed by atoms with E-state index in [2.05, 4.69) is 12.1 Å². The number of rotatable bonds is 6. The lowest BCUT2D eigenvalue weighted by Crippen LogP contribution is -2.36. The van der Waals surface area contributed by atoms with Crippen LogP contribution in [0.2, 0.25) is 0 Å². The number of anilines is 2. The van der Waals surface area contributed by atoms with Gasteiger partial charge in [0.15, 0.2) is 0 Å². The Morgan fingerprint density at radius 2 is 1.78 bits per heavy atom. The largest absolute Gasteiger partial charge is 0.481 e. The van der Waals surface area contributed by atoms with Gasteiger partial charge in [0.05, 0.1) is 17.8 Å². The molecule has 7 heteroatoms. The van der Waals surface area contributed by atoms with Crippen LogP contribution in [-0.4, -0.2) is 35.5 Å². The van der Waals surface area contributed by atoms with Crippen molar-refractivity contribution < 1.29 is 14.7 Å². The number of hydrogen-bond donors (Lipinski definition) is 3. The molecule has 1 atom stereocenters. The van der Waals surface area contributed by atoms with Gasteiger partial charge in [-0.2, -0.15) is 0 Å². The predicted octanol–water partition coefficient (Wildman–Crippen LogP) is 4.31. The predicted molar refractivity (Wildman–Crippen MR) is 143 cm³/mol. The number of fused-ring (bicyclic) bond motifs is 1. The second kappa shape index (κ2) is 10.0. The Bertz CT molecular complexity index is 1330. The molecule has 1 aliphatic rings. The number of hydrazine groups is 1. The number of nitrogens with zero attached hydrogens (tertiary/aromatic N) is 2. The van der Waals surface area contributed by atoms with Crippen LogP contribution in [0.25, 0.3) is 0 Å². The third-order valence-corrected chi connectivity index (χ3v) is 7.35. The number of nitrogens with two attached hydrogens (primary N) is 2. The highest BCUT2D eigenvalue weighted by molar-refractivity contribution is 5.94. The number of nitrogen functional groups attached to an aromatic ring is 1. The molecule has 4 rings (SSSR count). The number of carboxylic acids is 1. The van der Waals surface area contributed by atoms with E-state index in [0.717, 1.165) is 39.8 Å². The number of amides is 1. The highest BCUT2D eigenvalue weighted by Crippen LogP contribution is 2.37. The fourth-order valence-electron chi connectivity index (χ4n) is 5.02. The Morgan fingerprint density at radius 1 is 1.03 bits per heavy atom. The first-order chi connectivity index (χ1) is 17.1. The van der Waals surface area contributed by atoms with Crippen LogP contribution in [0, 0.1) is 20.8 Å². The van der Waals surface area contributed by atoms with E-state index in [1.807, 2.05) is 62.1 Å². The van der Waals surface area contributed by atoms with Gasteiger partial charge in [0.1, 0.15) is 0 Å². The number of benzene rings is 3. The van der Waals surface area contributed by atoms with Crippen LogP contribution in [0.5, 0.6) is 0 Å². The molecule has 0 saturated carbocycles. The summed E-state index contributed by atoms with van der Waals surface area (Å²) in [5, 5.41) is 11.2. The minimum atomic E-state index is -0.887. The van der Waals surface area contributed by atoms with Crippen molar-refractivity contribution in [1.29, 1.82) is 0 Å². The molecule has 3 aromatic carbocycles. The summed E-state index contributed by atoms with van der Waals surface area (Å²) in [7, 11) is 1.72. The van der Waals surface area contributed by atoms with Gasteiger partial charge in [-0.3, -0.25) is 9.59 Å². The summed E-state index contributed by atoms with van der Waals surface area (Å²) in [6, 6.07) is 15.7. The highest BCUT2D eigenvalue weighted by Gasteiger charge is 2.26. The molecule has 1 unspecified atom stereocenters. The van der Waals surface area contributed by atoms with Crippen LogP contribution in [0.3, 0.4) is 0 Å². The lowest BCUT2D eigenvalue weighted by atomic mass is 9.83. The molecule has 7 nitrogen and oxygen atoms in total. The van der Waals surface area contributed by atoms with Gasteiger partial charge in [0, 0.05) is 31.6 Å². The number of carboxylic acid groups (broad SMARTS) is 1. The molecule has 3 aromatic rings. The van der Waals surface area contributed by atoms with Gasteiger partial charge in [0.25, 0.3) is 5.91 Å². The molecule has 0 spiro atoms. The van der Waals surface area contributed by atoms with Crippen molar-refractivity contribution in [3.05, 3.63) is 93.0 Å². The molecule has 0 aromatic heterocycles. The van der Waals surface area contributed by atoms with Gasteiger partial charge in [-0.1, -0.05) is 30.3 Å². The second-order valence-electron chi connectivity index (χ2n) is 9.78. The first kappa shape index (κ1) is 25.3. The maximum atomic E-state index is 13.2. The van der Waals surface area contributed by atoms with Crippen LogP contribution in [0.4, 0.5) is 11.4 Å². The minimum Gasteiger partial charge on any atom is -0.481 e. The van der Waals surface area contributed by atoms with Crippen molar-refractivity contribution in [3.63, 3.8) is 0 Å². The summed E-state index contributed by atoms with van der Waals surface area (Å²) < 4.78 is 0. The third kappa shape index (κ3) is 4.93. The number of aryl methyl sites for hydroxylation is 2. The van der Waals surface area contributed by atoms with Gasteiger partial charge < -0.3 is 20.7 Å². The van der Waals surface area contributed by atoms with Crippen molar-refractivity contribution in [2.75, 3.05) is 24.3 Å². The first-order valence-electron chi connectivity index (χ1n) is 12.1. The minimum absolute atomic E-state index is 0.0151. The summed E-state index contributed by atoms with van der Waals surface area (Å²) >= 11 is 0. The van der Waals surface area contributed by atoms with Crippen molar-refractivity contribution in [2.24, 2.45) is 5.84 Å². The van der Waals surface area contributed by atoms with E-state index in [9.17, 15) is 14.7 Å². The van der Waals surface area contributed by atoms with Gasteiger partial charge in [-0.05, 0) is 84.3 Å². The zero-order valence-electron chi connectivity index (χ0n) is 21.3. The summed E-state index contributed by atoms with van der Waals surface area (Å²) in [5.74, 6) is 4.65. The number of carbonyl (C=O) groups excluding carboxylic acids is 1. The average Bonchev–Trinajstić information content (AvgIpc) is 2.84. The van der Waals surface area contributed by atoms with E-state index in [0.29, 0.717) is 30.0 Å². The normalized spacial score (nSPS) is 13.8. The second-order valence-corrected chi connectivity index (χ2v) is 9.78. The molecule has 0 saturated heterocycles. The lowest BCUT2D eigenvalue weighted by Gasteiger charge is -2.30. The van der Waals surface area contributed by atoms with Crippen LogP contribution in [-0.2, 0) is 17.8 Å². The van der Waals surface area contributed by atoms with Gasteiger partial charge in [-0.15, -0.1) is 0 Å². The first-order valence-corrected chi connectivity index (χ1v) is 12.1. The summed E-state index contributed by atoms with van der Waals surface area (Å²) in [6.07, 6.45) is 0.696. The molecule has 5 N–H and O–H groups in total. The Kier molecular flexibility index (Phi) is 7.04. The smallest absolute Gasteiger partial charge is 0.304 e. The SMILES string of the molecule is Cc1ccc(C(=O)N2CCc3ccc(C(CC(=O)O)c4ccc(N(C)N)c(N)c4C)cc3C2)cc1C. The Hall–Kier alpha value is -3.84. The molecule has 1 aliphatic heterocycles. The summed E-state index contributed by atoms with van der Waals surface area (Å²) in [4.78, 5) is 27.0. The molecule has 0 fully saturated rings. The maximum Gasteiger partial charge on any atom is 0.304 e. The van der Waals surface area contributed by atoms with E-state index in [1.54, 1.807) is 7.05 Å². The average molecular weight is 487 g/mol. The van der Waals surface area contributed by atoms with Crippen LogP contribution >= 0.6 is 0 Å². The molecular weight excluding hydrogens is 452 g/mol. The van der Waals surface area contributed by atoms with Crippen LogP contribution in [0.15, 0.2) is 48.5 Å². The summed E-state index contributed by atoms with van der Waals surface area (Å²) in [6.45, 7) is 7.09. The fraction of sp³-hybridized carbons (Fsp3) is 0.310. The van der Waals surface area contributed by atoms with Gasteiger partial charge in [0.2, 0.25) is 0 Å². The lowest BCUT2D eigenvalue weighted by molar-refractivity contribution is -0.137. The third-order valence-electron chi connectivity index (χ3n) is 7.35. The van der Waals surface area contributed by atoms with E-state index < -0.39 is 5.97 Å². The molecule has 0 radical (unpaired) electrons. The van der Waals surface area contributed by atoms with Crippen molar-refractivity contribution in [2.45, 2.75) is 46.1 Å². The van der Waals surface area contributed by atoms with Crippen molar-refractivity contribution in [3.8, 4) is 0 Å². The molecular formula is C29H34N4O3. The molecule has 1 heterocycles. The summed E-state index contributed by atoms with van der Waals surface area (Å²) in [5.41, 5.74) is 15.3. The van der Waals surface area contributed by atoms with Gasteiger partial charge in [-0.25, -0.2) is 5.84 Å². The molecule has 0 aliphatic carbocycles. The fourth-order valence-corrected chi connectivity index (χ4v) is 5.02. The number of aliphatic carboxylic acids is 1. The topological polar surface area (TPSA) is 113 Å². The van der Waals surface area contributed by atoms with Crippen LogP contribution in [0.1, 0.15) is 61.6 Å². The number of carbonyl (C=O) groups is 2. The zero-order valence-corrected chi connectivity index (χ0v) is 21.3. The van der Waals surface area contributed by atoms with E-state index in [1.165, 1.54) is 10.6 Å². The quantitative estimate of drug-likeness (QED) is 0.272. The van der Waals surface area contributed by atoms with Crippen molar-refractivity contribution >= 4 is 23.3 Å². The monoisotopic (exact) mass is 486 g/mol. The van der Waals surface area contributed by atoms with E-state index in [-0.39, 0.29) is 18.2 Å². The molecule has 0 bridgehead atoms. The van der Waals surface area contributed by atoms with Gasteiger partial charge >= 0.3 is 5.97 Å². The Labute approximate surface area is 212 Å². The maximum absolute atomic E-state index is 13.2. The number of hydrogen-bond acceptors (Lipinski definition) is 5. The highest BCUT2D eigenvalue weighted by atomic mass is 16.4. The molecule has 188 valence electrons. The molecule has 1 amide bonds. The van der Waals surface area contributed by atoms with Crippen LogP contribution < -0.4 is 16.6 Å².